The molecule has 7 nitrogen and oxygen atoms in total. The molecule has 2 amide bonds. The van der Waals surface area contributed by atoms with E-state index in [4.69, 9.17) is 0 Å². The molecule has 0 saturated carbocycles. The second kappa shape index (κ2) is 8.26. The Bertz CT molecular complexity index is 808. The van der Waals surface area contributed by atoms with E-state index in [9.17, 15) is 9.59 Å². The first-order chi connectivity index (χ1) is 13.6. The van der Waals surface area contributed by atoms with E-state index < -0.39 is 0 Å². The number of piperidine rings is 1. The van der Waals surface area contributed by atoms with Gasteiger partial charge in [-0.3, -0.25) is 9.59 Å². The molecule has 2 fully saturated rings. The highest BCUT2D eigenvalue weighted by Crippen LogP contribution is 2.26. The fourth-order valence-corrected chi connectivity index (χ4v) is 4.60. The highest BCUT2D eigenvalue weighted by atomic mass is 32.1. The van der Waals surface area contributed by atoms with E-state index >= 15 is 0 Å². The van der Waals surface area contributed by atoms with Crippen molar-refractivity contribution in [1.29, 1.82) is 0 Å². The average molecular weight is 400 g/mol. The quantitative estimate of drug-likeness (QED) is 0.791. The molecule has 0 radical (unpaired) electrons. The Hall–Kier alpha value is -2.48. The lowest BCUT2D eigenvalue weighted by molar-refractivity contribution is -0.141. The van der Waals surface area contributed by atoms with Gasteiger partial charge in [0.2, 0.25) is 11.8 Å². The van der Waals surface area contributed by atoms with Gasteiger partial charge in [-0.05, 0) is 36.4 Å². The molecule has 0 aliphatic carbocycles. The molecule has 2 saturated heterocycles. The first kappa shape index (κ1) is 18.9. The maximum atomic E-state index is 12.8. The maximum absolute atomic E-state index is 12.8. The molecule has 2 aliphatic rings. The number of carbonyl (C=O) groups is 2. The zero-order valence-corrected chi connectivity index (χ0v) is 16.9. The fraction of sp³-hybridized carbons (Fsp3) is 0.500. The van der Waals surface area contributed by atoms with Crippen molar-refractivity contribution in [2.24, 2.45) is 5.92 Å². The van der Waals surface area contributed by atoms with Gasteiger partial charge in [-0.1, -0.05) is 6.07 Å². The van der Waals surface area contributed by atoms with Gasteiger partial charge in [0, 0.05) is 52.1 Å². The molecule has 2 aliphatic heterocycles. The van der Waals surface area contributed by atoms with Gasteiger partial charge < -0.3 is 14.7 Å². The molecule has 148 valence electrons. The van der Waals surface area contributed by atoms with Crippen LogP contribution in [0.5, 0.6) is 0 Å². The number of thiophene rings is 1. The molecule has 4 heterocycles. The zero-order valence-electron chi connectivity index (χ0n) is 16.1. The SMILES string of the molecule is CC(=O)N1CCN(C(=O)C2CCN(c3ccc(-c4cccs4)nn3)CC2)CC1. The predicted octanol–water partition coefficient (Wildman–Crippen LogP) is 2.11. The Morgan fingerprint density at radius 1 is 0.964 bits per heavy atom. The van der Waals surface area contributed by atoms with Gasteiger partial charge in [0.1, 0.15) is 5.69 Å². The van der Waals surface area contributed by atoms with Crippen LogP contribution in [0.3, 0.4) is 0 Å². The van der Waals surface area contributed by atoms with E-state index in [1.807, 2.05) is 39.4 Å². The van der Waals surface area contributed by atoms with Gasteiger partial charge in [0.25, 0.3) is 0 Å². The van der Waals surface area contributed by atoms with Crippen LogP contribution in [0.1, 0.15) is 19.8 Å². The summed E-state index contributed by atoms with van der Waals surface area (Å²) in [4.78, 5) is 31.3. The van der Waals surface area contributed by atoms with Gasteiger partial charge in [0.15, 0.2) is 5.82 Å². The summed E-state index contributed by atoms with van der Waals surface area (Å²) in [6, 6.07) is 8.09. The summed E-state index contributed by atoms with van der Waals surface area (Å²) in [5.41, 5.74) is 0.897. The first-order valence-electron chi connectivity index (χ1n) is 9.78. The minimum atomic E-state index is 0.0680. The average Bonchev–Trinajstić information content (AvgIpc) is 3.28. The smallest absolute Gasteiger partial charge is 0.225 e. The molecule has 0 N–H and O–H groups in total. The fourth-order valence-electron chi connectivity index (χ4n) is 3.91. The summed E-state index contributed by atoms with van der Waals surface area (Å²) >= 11 is 1.66. The van der Waals surface area contributed by atoms with E-state index in [0.29, 0.717) is 26.2 Å². The van der Waals surface area contributed by atoms with Crippen LogP contribution < -0.4 is 4.90 Å². The van der Waals surface area contributed by atoms with Crippen molar-refractivity contribution in [3.8, 4) is 10.6 Å². The molecule has 28 heavy (non-hydrogen) atoms. The van der Waals surface area contributed by atoms with E-state index in [-0.39, 0.29) is 17.7 Å². The van der Waals surface area contributed by atoms with Crippen molar-refractivity contribution in [3.63, 3.8) is 0 Å². The largest absolute Gasteiger partial charge is 0.355 e. The third kappa shape index (κ3) is 4.01. The highest BCUT2D eigenvalue weighted by Gasteiger charge is 2.31. The normalized spacial score (nSPS) is 18.4. The summed E-state index contributed by atoms with van der Waals surface area (Å²) in [7, 11) is 0. The lowest BCUT2D eigenvalue weighted by atomic mass is 9.95. The molecule has 2 aromatic heterocycles. The summed E-state index contributed by atoms with van der Waals surface area (Å²) in [6.07, 6.45) is 1.67. The number of anilines is 1. The van der Waals surface area contributed by atoms with Gasteiger partial charge in [-0.2, -0.15) is 0 Å². The third-order valence-corrected chi connectivity index (χ3v) is 6.52. The lowest BCUT2D eigenvalue weighted by Gasteiger charge is -2.38. The minimum Gasteiger partial charge on any atom is -0.355 e. The second-order valence-corrected chi connectivity index (χ2v) is 8.29. The van der Waals surface area contributed by atoms with Gasteiger partial charge in [-0.25, -0.2) is 0 Å². The summed E-state index contributed by atoms with van der Waals surface area (Å²) < 4.78 is 0. The molecule has 4 rings (SSSR count). The van der Waals surface area contributed by atoms with Crippen molar-refractivity contribution in [2.75, 3.05) is 44.2 Å². The molecular formula is C20H25N5O2S. The zero-order chi connectivity index (χ0) is 19.5. The van der Waals surface area contributed by atoms with Crippen LogP contribution in [0.2, 0.25) is 0 Å². The van der Waals surface area contributed by atoms with Crippen LogP contribution in [0.25, 0.3) is 10.6 Å². The first-order valence-corrected chi connectivity index (χ1v) is 10.7. The Morgan fingerprint density at radius 3 is 2.25 bits per heavy atom. The second-order valence-electron chi connectivity index (χ2n) is 7.35. The maximum Gasteiger partial charge on any atom is 0.225 e. The number of piperazine rings is 1. The van der Waals surface area contributed by atoms with Crippen LogP contribution >= 0.6 is 11.3 Å². The number of aromatic nitrogens is 2. The molecular weight excluding hydrogens is 374 g/mol. The standard InChI is InChI=1S/C20H25N5O2S/c1-15(26)23-10-12-25(13-11-23)20(27)16-6-8-24(9-7-16)19-5-4-17(21-22-19)18-3-2-14-28-18/h2-5,14,16H,6-13H2,1H3. The monoisotopic (exact) mass is 399 g/mol. The summed E-state index contributed by atoms with van der Waals surface area (Å²) in [6.45, 7) is 5.80. The van der Waals surface area contributed by atoms with Crippen LogP contribution in [-0.4, -0.2) is 71.1 Å². The number of hydrogen-bond donors (Lipinski definition) is 0. The van der Waals surface area contributed by atoms with E-state index in [2.05, 4.69) is 15.1 Å². The molecule has 0 aromatic carbocycles. The van der Waals surface area contributed by atoms with E-state index in [1.54, 1.807) is 18.3 Å². The van der Waals surface area contributed by atoms with Crippen molar-refractivity contribution in [1.82, 2.24) is 20.0 Å². The van der Waals surface area contributed by atoms with Crippen LogP contribution in [0, 0.1) is 5.92 Å². The number of nitrogens with zero attached hydrogens (tertiary/aromatic N) is 5. The third-order valence-electron chi connectivity index (χ3n) is 5.63. The molecule has 8 heteroatoms. The Kier molecular flexibility index (Phi) is 5.57. The lowest BCUT2D eigenvalue weighted by Crippen LogP contribution is -2.52. The highest BCUT2D eigenvalue weighted by molar-refractivity contribution is 7.13. The van der Waals surface area contributed by atoms with Gasteiger partial charge in [-0.15, -0.1) is 21.5 Å². The predicted molar refractivity (Wildman–Crippen MR) is 109 cm³/mol. The van der Waals surface area contributed by atoms with Gasteiger partial charge >= 0.3 is 0 Å². The number of amides is 2. The molecule has 0 atom stereocenters. The number of hydrogen-bond acceptors (Lipinski definition) is 6. The van der Waals surface area contributed by atoms with E-state index in [1.165, 1.54) is 0 Å². The summed E-state index contributed by atoms with van der Waals surface area (Å²) in [5, 5.41) is 10.8. The Balaban J connectivity index is 1.30. The van der Waals surface area contributed by atoms with Crippen LogP contribution in [0.4, 0.5) is 5.82 Å². The van der Waals surface area contributed by atoms with Crippen molar-refractivity contribution in [2.45, 2.75) is 19.8 Å². The molecule has 0 bridgehead atoms. The Morgan fingerprint density at radius 2 is 1.68 bits per heavy atom. The molecule has 0 unspecified atom stereocenters. The van der Waals surface area contributed by atoms with Crippen LogP contribution in [0.15, 0.2) is 29.6 Å². The summed E-state index contributed by atoms with van der Waals surface area (Å²) in [5.74, 6) is 1.27. The molecule has 0 spiro atoms. The Labute approximate surface area is 169 Å². The topological polar surface area (TPSA) is 69.6 Å². The van der Waals surface area contributed by atoms with Crippen molar-refractivity contribution in [3.05, 3.63) is 29.6 Å². The minimum absolute atomic E-state index is 0.0680. The van der Waals surface area contributed by atoms with Crippen molar-refractivity contribution >= 4 is 29.0 Å². The van der Waals surface area contributed by atoms with Crippen LogP contribution in [-0.2, 0) is 9.59 Å². The van der Waals surface area contributed by atoms with Crippen molar-refractivity contribution < 1.29 is 9.59 Å². The number of rotatable bonds is 3. The molecule has 2 aromatic rings. The number of carbonyl (C=O) groups excluding carboxylic acids is 2. The van der Waals surface area contributed by atoms with E-state index in [0.717, 1.165) is 42.3 Å². The van der Waals surface area contributed by atoms with Gasteiger partial charge in [0.05, 0.1) is 4.88 Å².